The number of rotatable bonds is 7. The summed E-state index contributed by atoms with van der Waals surface area (Å²) in [4.78, 5) is 28.5. The van der Waals surface area contributed by atoms with E-state index in [0.29, 0.717) is 6.54 Å². The van der Waals surface area contributed by atoms with Crippen molar-refractivity contribution in [1.29, 1.82) is 0 Å². The first-order valence-electron chi connectivity index (χ1n) is 10.1. The van der Waals surface area contributed by atoms with Crippen LogP contribution in [0.2, 0.25) is 5.02 Å². The molecule has 0 spiro atoms. The molecule has 1 aliphatic rings. The van der Waals surface area contributed by atoms with Crippen molar-refractivity contribution in [2.24, 2.45) is 0 Å². The molecule has 2 amide bonds. The second kappa shape index (κ2) is 11.0. The van der Waals surface area contributed by atoms with Gasteiger partial charge in [0, 0.05) is 38.4 Å². The van der Waals surface area contributed by atoms with Gasteiger partial charge in [-0.15, -0.1) is 0 Å². The lowest BCUT2D eigenvalue weighted by Gasteiger charge is -2.36. The molecular formula is C22H26ClFN4O3. The van der Waals surface area contributed by atoms with E-state index in [1.54, 1.807) is 7.11 Å². The summed E-state index contributed by atoms with van der Waals surface area (Å²) in [5, 5.41) is 4.89. The molecule has 0 aliphatic carbocycles. The highest BCUT2D eigenvalue weighted by Crippen LogP contribution is 2.28. The standard InChI is InChI=1S/C22H26ClFN4O3/c1-31-20-6-3-2-5-19(20)28-13-11-27(12-14-28)10-4-9-25-21(29)22(30)26-16-7-8-18(24)17(23)15-16/h2-3,5-8,15H,4,9-14H2,1H3,(H,25,29)(H,26,30). The van der Waals surface area contributed by atoms with E-state index in [2.05, 4.69) is 26.5 Å². The molecule has 1 aliphatic heterocycles. The van der Waals surface area contributed by atoms with Crippen LogP contribution in [0.5, 0.6) is 5.75 Å². The second-order valence-corrected chi connectivity index (χ2v) is 7.60. The lowest BCUT2D eigenvalue weighted by atomic mass is 10.2. The zero-order valence-electron chi connectivity index (χ0n) is 17.4. The first kappa shape index (κ1) is 22.8. The van der Waals surface area contributed by atoms with E-state index in [1.807, 2.05) is 18.2 Å². The number of amides is 2. The van der Waals surface area contributed by atoms with Gasteiger partial charge in [-0.2, -0.15) is 0 Å². The lowest BCUT2D eigenvalue weighted by molar-refractivity contribution is -0.136. The quantitative estimate of drug-likeness (QED) is 0.503. The average molecular weight is 449 g/mol. The third kappa shape index (κ3) is 6.32. The van der Waals surface area contributed by atoms with Gasteiger partial charge >= 0.3 is 11.8 Å². The van der Waals surface area contributed by atoms with Crippen LogP contribution < -0.4 is 20.3 Å². The number of ether oxygens (including phenoxy) is 1. The molecule has 0 unspecified atom stereocenters. The maximum Gasteiger partial charge on any atom is 0.313 e. The maximum atomic E-state index is 13.2. The molecule has 0 atom stereocenters. The lowest BCUT2D eigenvalue weighted by Crippen LogP contribution is -2.47. The number of halogens is 2. The Balaban J connectivity index is 1.35. The van der Waals surface area contributed by atoms with Crippen molar-refractivity contribution in [3.8, 4) is 5.75 Å². The minimum atomic E-state index is -0.812. The number of carbonyl (C=O) groups excluding carboxylic acids is 2. The van der Waals surface area contributed by atoms with Gasteiger partial charge in [-0.3, -0.25) is 14.5 Å². The van der Waals surface area contributed by atoms with Crippen molar-refractivity contribution in [3.05, 3.63) is 53.3 Å². The number of methoxy groups -OCH3 is 1. The predicted octanol–water partition coefficient (Wildman–Crippen LogP) is 2.75. The van der Waals surface area contributed by atoms with E-state index in [4.69, 9.17) is 16.3 Å². The van der Waals surface area contributed by atoms with Crippen molar-refractivity contribution in [1.82, 2.24) is 10.2 Å². The Morgan fingerprint density at radius 1 is 1.10 bits per heavy atom. The SMILES string of the molecule is COc1ccccc1N1CCN(CCCNC(=O)C(=O)Nc2ccc(F)c(Cl)c2)CC1. The Hall–Kier alpha value is -2.84. The fourth-order valence-electron chi connectivity index (χ4n) is 3.45. The largest absolute Gasteiger partial charge is 0.495 e. The maximum absolute atomic E-state index is 13.2. The summed E-state index contributed by atoms with van der Waals surface area (Å²) in [6.45, 7) is 4.85. The van der Waals surface area contributed by atoms with E-state index >= 15 is 0 Å². The van der Waals surface area contributed by atoms with E-state index in [9.17, 15) is 14.0 Å². The molecule has 2 N–H and O–H groups in total. The van der Waals surface area contributed by atoms with Crippen molar-refractivity contribution in [3.63, 3.8) is 0 Å². The first-order chi connectivity index (χ1) is 15.0. The predicted molar refractivity (Wildman–Crippen MR) is 119 cm³/mol. The van der Waals surface area contributed by atoms with E-state index in [0.717, 1.165) is 56.6 Å². The molecule has 166 valence electrons. The number of nitrogens with one attached hydrogen (secondary N) is 2. The second-order valence-electron chi connectivity index (χ2n) is 7.19. The van der Waals surface area contributed by atoms with Gasteiger partial charge < -0.3 is 20.3 Å². The van der Waals surface area contributed by atoms with Gasteiger partial charge in [0.05, 0.1) is 17.8 Å². The molecule has 2 aromatic carbocycles. The number of nitrogens with zero attached hydrogens (tertiary/aromatic N) is 2. The molecule has 0 aromatic heterocycles. The average Bonchev–Trinajstić information content (AvgIpc) is 2.79. The van der Waals surface area contributed by atoms with E-state index in [1.165, 1.54) is 12.1 Å². The van der Waals surface area contributed by atoms with Crippen LogP contribution in [0.3, 0.4) is 0 Å². The zero-order valence-corrected chi connectivity index (χ0v) is 18.1. The Morgan fingerprint density at radius 2 is 1.84 bits per heavy atom. The van der Waals surface area contributed by atoms with Crippen molar-refractivity contribution < 1.29 is 18.7 Å². The van der Waals surface area contributed by atoms with Crippen LogP contribution >= 0.6 is 11.6 Å². The Bertz CT molecular complexity index is 919. The van der Waals surface area contributed by atoms with Crippen molar-refractivity contribution in [2.75, 3.05) is 56.6 Å². The van der Waals surface area contributed by atoms with Crippen LogP contribution in [0.15, 0.2) is 42.5 Å². The van der Waals surface area contributed by atoms with Gasteiger partial charge in [-0.1, -0.05) is 23.7 Å². The summed E-state index contributed by atoms with van der Waals surface area (Å²) in [5.41, 5.74) is 1.37. The molecule has 0 radical (unpaired) electrons. The summed E-state index contributed by atoms with van der Waals surface area (Å²) in [6, 6.07) is 11.7. The number of hydrogen-bond donors (Lipinski definition) is 2. The van der Waals surface area contributed by atoms with Crippen LogP contribution in [0.4, 0.5) is 15.8 Å². The topological polar surface area (TPSA) is 73.9 Å². The minimum absolute atomic E-state index is 0.121. The molecule has 0 saturated carbocycles. The Morgan fingerprint density at radius 3 is 2.55 bits per heavy atom. The van der Waals surface area contributed by atoms with Crippen LogP contribution in [-0.2, 0) is 9.59 Å². The summed E-state index contributed by atoms with van der Waals surface area (Å²) in [5.74, 6) is -1.26. The third-order valence-electron chi connectivity index (χ3n) is 5.12. The highest BCUT2D eigenvalue weighted by molar-refractivity contribution is 6.39. The summed E-state index contributed by atoms with van der Waals surface area (Å²) in [7, 11) is 1.68. The van der Waals surface area contributed by atoms with Gasteiger partial charge in [0.15, 0.2) is 0 Å². The molecule has 9 heteroatoms. The summed E-state index contributed by atoms with van der Waals surface area (Å²) < 4.78 is 18.6. The molecule has 1 fully saturated rings. The molecule has 1 saturated heterocycles. The van der Waals surface area contributed by atoms with Gasteiger partial charge in [-0.05, 0) is 43.3 Å². The summed E-state index contributed by atoms with van der Waals surface area (Å²) >= 11 is 5.67. The minimum Gasteiger partial charge on any atom is -0.495 e. The van der Waals surface area contributed by atoms with Gasteiger partial charge in [0.1, 0.15) is 11.6 Å². The molecule has 2 aromatic rings. The Labute approximate surface area is 186 Å². The number of benzene rings is 2. The third-order valence-corrected chi connectivity index (χ3v) is 5.41. The number of anilines is 2. The number of hydrogen-bond acceptors (Lipinski definition) is 5. The molecule has 1 heterocycles. The van der Waals surface area contributed by atoms with Crippen LogP contribution in [0, 0.1) is 5.82 Å². The fraction of sp³-hybridized carbons (Fsp3) is 0.364. The number of carbonyl (C=O) groups is 2. The monoisotopic (exact) mass is 448 g/mol. The smallest absolute Gasteiger partial charge is 0.313 e. The molecular weight excluding hydrogens is 423 g/mol. The Kier molecular flexibility index (Phi) is 8.08. The van der Waals surface area contributed by atoms with E-state index < -0.39 is 17.6 Å². The molecule has 3 rings (SSSR count). The molecule has 31 heavy (non-hydrogen) atoms. The van der Waals surface area contributed by atoms with Gasteiger partial charge in [0.2, 0.25) is 0 Å². The van der Waals surface area contributed by atoms with Crippen LogP contribution in [0.25, 0.3) is 0 Å². The van der Waals surface area contributed by atoms with Crippen LogP contribution in [-0.4, -0.2) is 63.1 Å². The number of piperazine rings is 1. The van der Waals surface area contributed by atoms with E-state index in [-0.39, 0.29) is 10.7 Å². The fourth-order valence-corrected chi connectivity index (χ4v) is 3.63. The van der Waals surface area contributed by atoms with Crippen LogP contribution in [0.1, 0.15) is 6.42 Å². The van der Waals surface area contributed by atoms with Gasteiger partial charge in [0.25, 0.3) is 0 Å². The first-order valence-corrected chi connectivity index (χ1v) is 10.5. The zero-order chi connectivity index (χ0) is 22.2. The normalized spacial score (nSPS) is 14.2. The van der Waals surface area contributed by atoms with Crippen molar-refractivity contribution in [2.45, 2.75) is 6.42 Å². The number of para-hydroxylation sites is 2. The highest BCUT2D eigenvalue weighted by Gasteiger charge is 2.19. The highest BCUT2D eigenvalue weighted by atomic mass is 35.5. The summed E-state index contributed by atoms with van der Waals surface area (Å²) in [6.07, 6.45) is 0.732. The molecule has 7 nitrogen and oxygen atoms in total. The van der Waals surface area contributed by atoms with Gasteiger partial charge in [-0.25, -0.2) is 4.39 Å². The molecule has 0 bridgehead atoms. The van der Waals surface area contributed by atoms with Crippen molar-refractivity contribution >= 4 is 34.8 Å².